The Hall–Kier alpha value is -0.570. The number of hydrogen-bond acceptors (Lipinski definition) is 3. The molecule has 3 nitrogen and oxygen atoms in total. The molecule has 0 saturated carbocycles. The molecule has 0 N–H and O–H groups in total. The van der Waals surface area contributed by atoms with E-state index in [2.05, 4.69) is 4.74 Å². The molecule has 0 aromatic rings. The van der Waals surface area contributed by atoms with E-state index < -0.39 is 0 Å². The van der Waals surface area contributed by atoms with Crippen LogP contribution in [0.2, 0.25) is 0 Å². The van der Waals surface area contributed by atoms with Gasteiger partial charge in [0, 0.05) is 7.11 Å². The molecule has 0 radical (unpaired) electrons. The van der Waals surface area contributed by atoms with Gasteiger partial charge in [-0.3, -0.25) is 4.79 Å². The van der Waals surface area contributed by atoms with Crippen LogP contribution in [0.4, 0.5) is 0 Å². The van der Waals surface area contributed by atoms with E-state index in [1.165, 1.54) is 0 Å². The van der Waals surface area contributed by atoms with E-state index in [-0.39, 0.29) is 6.10 Å². The standard InChI is InChI=1S/C6H12O3/c1-3-6(8-2)4-9-5-7/h5-6H,3-4H2,1-2H3. The summed E-state index contributed by atoms with van der Waals surface area (Å²) in [6.07, 6.45) is 0.917. The van der Waals surface area contributed by atoms with E-state index in [0.29, 0.717) is 13.1 Å². The molecule has 0 heterocycles. The zero-order valence-corrected chi connectivity index (χ0v) is 5.79. The molecule has 1 atom stereocenters. The molecule has 0 aliphatic heterocycles. The Morgan fingerprint density at radius 2 is 2.33 bits per heavy atom. The zero-order valence-electron chi connectivity index (χ0n) is 5.79. The van der Waals surface area contributed by atoms with Gasteiger partial charge >= 0.3 is 0 Å². The first-order chi connectivity index (χ1) is 4.35. The van der Waals surface area contributed by atoms with Crippen LogP contribution in [0.15, 0.2) is 0 Å². The van der Waals surface area contributed by atoms with Gasteiger partial charge in [-0.15, -0.1) is 0 Å². The molecule has 0 aromatic carbocycles. The van der Waals surface area contributed by atoms with Crippen LogP contribution in [0.3, 0.4) is 0 Å². The molecule has 0 saturated heterocycles. The van der Waals surface area contributed by atoms with E-state index in [9.17, 15) is 4.79 Å². The minimum Gasteiger partial charge on any atom is -0.465 e. The first-order valence-corrected chi connectivity index (χ1v) is 2.93. The van der Waals surface area contributed by atoms with E-state index in [1.54, 1.807) is 7.11 Å². The van der Waals surface area contributed by atoms with Crippen LogP contribution in [0.1, 0.15) is 13.3 Å². The normalized spacial score (nSPS) is 12.7. The highest BCUT2D eigenvalue weighted by Gasteiger charge is 2.01. The highest BCUT2D eigenvalue weighted by atomic mass is 16.5. The molecule has 0 spiro atoms. The van der Waals surface area contributed by atoms with Crippen LogP contribution in [-0.4, -0.2) is 26.3 Å². The van der Waals surface area contributed by atoms with Gasteiger partial charge in [0.2, 0.25) is 0 Å². The summed E-state index contributed by atoms with van der Waals surface area (Å²) < 4.78 is 9.39. The quantitative estimate of drug-likeness (QED) is 0.513. The van der Waals surface area contributed by atoms with Crippen LogP contribution in [0, 0.1) is 0 Å². The highest BCUT2D eigenvalue weighted by Crippen LogP contribution is 1.94. The summed E-state index contributed by atoms with van der Waals surface area (Å²) in [6, 6.07) is 0. The number of carbonyl (C=O) groups excluding carboxylic acids is 1. The molecule has 3 heteroatoms. The van der Waals surface area contributed by atoms with Crippen molar-refractivity contribution in [2.45, 2.75) is 19.4 Å². The van der Waals surface area contributed by atoms with Gasteiger partial charge in [0.1, 0.15) is 6.61 Å². The first-order valence-electron chi connectivity index (χ1n) is 2.93. The van der Waals surface area contributed by atoms with Gasteiger partial charge in [0.05, 0.1) is 6.10 Å². The lowest BCUT2D eigenvalue weighted by Crippen LogP contribution is -2.16. The van der Waals surface area contributed by atoms with Crippen molar-refractivity contribution in [2.24, 2.45) is 0 Å². The Labute approximate surface area is 55.0 Å². The van der Waals surface area contributed by atoms with Gasteiger partial charge in [-0.1, -0.05) is 6.92 Å². The molecule has 9 heavy (non-hydrogen) atoms. The fraction of sp³-hybridized carbons (Fsp3) is 0.833. The van der Waals surface area contributed by atoms with Crippen LogP contribution in [-0.2, 0) is 14.3 Å². The number of ether oxygens (including phenoxy) is 2. The van der Waals surface area contributed by atoms with Gasteiger partial charge in [0.15, 0.2) is 0 Å². The average molecular weight is 132 g/mol. The van der Waals surface area contributed by atoms with Gasteiger partial charge < -0.3 is 9.47 Å². The third kappa shape index (κ3) is 3.97. The molecule has 54 valence electrons. The largest absolute Gasteiger partial charge is 0.465 e. The number of rotatable bonds is 5. The third-order valence-corrected chi connectivity index (χ3v) is 1.14. The summed E-state index contributed by atoms with van der Waals surface area (Å²) in [6.45, 7) is 2.76. The Morgan fingerprint density at radius 3 is 2.67 bits per heavy atom. The fourth-order valence-corrected chi connectivity index (χ4v) is 0.499. The van der Waals surface area contributed by atoms with E-state index in [1.807, 2.05) is 6.92 Å². The number of carbonyl (C=O) groups is 1. The Morgan fingerprint density at radius 1 is 1.67 bits per heavy atom. The Balaban J connectivity index is 3.19. The van der Waals surface area contributed by atoms with Crippen LogP contribution in [0.5, 0.6) is 0 Å². The summed E-state index contributed by atoms with van der Waals surface area (Å²) in [5.74, 6) is 0. The lowest BCUT2D eigenvalue weighted by molar-refractivity contribution is -0.132. The molecule has 0 amide bonds. The van der Waals surface area contributed by atoms with E-state index in [4.69, 9.17) is 4.74 Å². The average Bonchev–Trinajstić information content (AvgIpc) is 1.91. The summed E-state index contributed by atoms with van der Waals surface area (Å²) in [5, 5.41) is 0. The maximum absolute atomic E-state index is 9.66. The summed E-state index contributed by atoms with van der Waals surface area (Å²) in [4.78, 5) is 9.66. The van der Waals surface area contributed by atoms with Crippen molar-refractivity contribution in [1.29, 1.82) is 0 Å². The van der Waals surface area contributed by atoms with Crippen molar-refractivity contribution in [3.8, 4) is 0 Å². The Bertz CT molecular complexity index is 68.7. The molecule has 0 bridgehead atoms. The minimum atomic E-state index is 0.0511. The second-order valence-electron chi connectivity index (χ2n) is 1.70. The van der Waals surface area contributed by atoms with Crippen LogP contribution < -0.4 is 0 Å². The summed E-state index contributed by atoms with van der Waals surface area (Å²) in [5.41, 5.74) is 0. The first kappa shape index (κ1) is 8.43. The van der Waals surface area contributed by atoms with Crippen molar-refractivity contribution < 1.29 is 14.3 Å². The van der Waals surface area contributed by atoms with Crippen molar-refractivity contribution in [3.63, 3.8) is 0 Å². The zero-order chi connectivity index (χ0) is 7.11. The van der Waals surface area contributed by atoms with Crippen molar-refractivity contribution in [2.75, 3.05) is 13.7 Å². The third-order valence-electron chi connectivity index (χ3n) is 1.14. The molecule has 1 unspecified atom stereocenters. The molecule has 0 aliphatic carbocycles. The molecule has 0 fully saturated rings. The van der Waals surface area contributed by atoms with Crippen molar-refractivity contribution >= 4 is 6.47 Å². The van der Waals surface area contributed by atoms with Gasteiger partial charge in [0.25, 0.3) is 6.47 Å². The van der Waals surface area contributed by atoms with Crippen LogP contribution in [0.25, 0.3) is 0 Å². The lowest BCUT2D eigenvalue weighted by atomic mass is 10.3. The molecule has 0 aromatic heterocycles. The van der Waals surface area contributed by atoms with E-state index >= 15 is 0 Å². The van der Waals surface area contributed by atoms with Gasteiger partial charge in [-0.2, -0.15) is 0 Å². The Kier molecular flexibility index (Phi) is 5.21. The maximum Gasteiger partial charge on any atom is 0.293 e. The summed E-state index contributed by atoms with van der Waals surface area (Å²) in [7, 11) is 1.60. The van der Waals surface area contributed by atoms with Crippen molar-refractivity contribution in [1.82, 2.24) is 0 Å². The van der Waals surface area contributed by atoms with Crippen LogP contribution >= 0.6 is 0 Å². The van der Waals surface area contributed by atoms with Gasteiger partial charge in [-0.25, -0.2) is 0 Å². The molecule has 0 rings (SSSR count). The topological polar surface area (TPSA) is 35.5 Å². The minimum absolute atomic E-state index is 0.0511. The van der Waals surface area contributed by atoms with Gasteiger partial charge in [-0.05, 0) is 6.42 Å². The fourth-order valence-electron chi connectivity index (χ4n) is 0.499. The predicted octanol–water partition coefficient (Wildman–Crippen LogP) is 0.584. The SMILES string of the molecule is CCC(COC=O)OC. The molecular weight excluding hydrogens is 120 g/mol. The molecule has 0 aliphatic rings. The maximum atomic E-state index is 9.66. The smallest absolute Gasteiger partial charge is 0.293 e. The summed E-state index contributed by atoms with van der Waals surface area (Å²) >= 11 is 0. The second kappa shape index (κ2) is 5.56. The number of hydrogen-bond donors (Lipinski definition) is 0. The predicted molar refractivity (Wildman–Crippen MR) is 33.1 cm³/mol. The monoisotopic (exact) mass is 132 g/mol. The molecular formula is C6H12O3. The number of methoxy groups -OCH3 is 1. The van der Waals surface area contributed by atoms with Crippen molar-refractivity contribution in [3.05, 3.63) is 0 Å². The second-order valence-corrected chi connectivity index (χ2v) is 1.70. The van der Waals surface area contributed by atoms with E-state index in [0.717, 1.165) is 6.42 Å². The lowest BCUT2D eigenvalue weighted by Gasteiger charge is -2.09. The highest BCUT2D eigenvalue weighted by molar-refractivity contribution is 5.36.